The average molecular weight is 670 g/mol. The molecule has 0 radical (unpaired) electrons. The van der Waals surface area contributed by atoms with E-state index >= 15 is 13.6 Å². The minimum Gasteiger partial charge on any atom is -0.507 e. The number of fused-ring (bicyclic) bond motifs is 5. The number of hydrogen-bond donors (Lipinski definition) is 1. The summed E-state index contributed by atoms with van der Waals surface area (Å²) in [7, 11) is 1.91. The summed E-state index contributed by atoms with van der Waals surface area (Å²) in [6.07, 6.45) is 2.85. The van der Waals surface area contributed by atoms with Crippen LogP contribution in [0, 0.1) is 18.6 Å². The number of piperazine rings is 1. The summed E-state index contributed by atoms with van der Waals surface area (Å²) in [5.41, 5.74) is 0.613. The number of phenolic OH excluding ortho intramolecular Hbond substituents is 1. The monoisotopic (exact) mass is 669 g/mol. The summed E-state index contributed by atoms with van der Waals surface area (Å²) in [4.78, 5) is 58.9. The molecule has 11 nitrogen and oxygen atoms in total. The van der Waals surface area contributed by atoms with Crippen LogP contribution in [0.25, 0.3) is 28.0 Å². The van der Waals surface area contributed by atoms with Crippen molar-refractivity contribution in [1.29, 1.82) is 0 Å². The highest BCUT2D eigenvalue weighted by Gasteiger charge is 2.50. The van der Waals surface area contributed by atoms with Gasteiger partial charge in [0.2, 0.25) is 5.91 Å². The van der Waals surface area contributed by atoms with E-state index in [1.807, 2.05) is 39.6 Å². The Morgan fingerprint density at radius 3 is 2.45 bits per heavy atom. The highest BCUT2D eigenvalue weighted by Crippen LogP contribution is 2.45. The fraction of sp³-hybridized carbons (Fsp3) is 0.361. The predicted octanol–water partition coefficient (Wildman–Crippen LogP) is 4.12. The minimum atomic E-state index is -0.927. The first-order valence-electron chi connectivity index (χ1n) is 16.3. The summed E-state index contributed by atoms with van der Waals surface area (Å²) in [6, 6.07) is 4.97. The van der Waals surface area contributed by atoms with Crippen LogP contribution in [0.15, 0.2) is 54.0 Å². The summed E-state index contributed by atoms with van der Waals surface area (Å²) < 4.78 is 33.0. The predicted molar refractivity (Wildman–Crippen MR) is 182 cm³/mol. The van der Waals surface area contributed by atoms with E-state index in [-0.39, 0.29) is 59.6 Å². The number of likely N-dealkylation sites (tertiary alicyclic amines) is 1. The molecule has 7 rings (SSSR count). The van der Waals surface area contributed by atoms with E-state index in [2.05, 4.69) is 16.5 Å². The fourth-order valence-electron chi connectivity index (χ4n) is 7.50. The lowest BCUT2D eigenvalue weighted by molar-refractivity contribution is -0.131. The van der Waals surface area contributed by atoms with Gasteiger partial charge in [-0.05, 0) is 62.7 Å². The first-order valence-corrected chi connectivity index (χ1v) is 16.3. The topological polar surface area (TPSA) is 115 Å². The van der Waals surface area contributed by atoms with Crippen LogP contribution in [0.5, 0.6) is 5.75 Å². The van der Waals surface area contributed by atoms with Crippen molar-refractivity contribution in [2.75, 3.05) is 43.0 Å². The molecule has 0 aliphatic carbocycles. The van der Waals surface area contributed by atoms with Crippen LogP contribution in [0.1, 0.15) is 37.9 Å². The van der Waals surface area contributed by atoms with Gasteiger partial charge in [0.05, 0.1) is 35.2 Å². The van der Waals surface area contributed by atoms with Crippen LogP contribution in [0.2, 0.25) is 0 Å². The number of rotatable bonds is 5. The van der Waals surface area contributed by atoms with Crippen molar-refractivity contribution >= 4 is 34.2 Å². The van der Waals surface area contributed by atoms with Gasteiger partial charge in [0.1, 0.15) is 29.0 Å². The van der Waals surface area contributed by atoms with Gasteiger partial charge in [-0.25, -0.2) is 13.8 Å². The molecule has 4 aromatic rings. The van der Waals surface area contributed by atoms with Gasteiger partial charge in [-0.15, -0.1) is 0 Å². The Morgan fingerprint density at radius 1 is 1.06 bits per heavy atom. The molecule has 1 N–H and O–H groups in total. The molecular weight excluding hydrogens is 632 g/mol. The van der Waals surface area contributed by atoms with E-state index in [4.69, 9.17) is 0 Å². The number of halogens is 2. The van der Waals surface area contributed by atoms with Crippen molar-refractivity contribution in [2.24, 2.45) is 0 Å². The highest BCUT2D eigenvalue weighted by atomic mass is 19.1. The van der Waals surface area contributed by atoms with E-state index < -0.39 is 40.2 Å². The Bertz CT molecular complexity index is 2110. The molecule has 0 bridgehead atoms. The van der Waals surface area contributed by atoms with Crippen molar-refractivity contribution in [3.63, 3.8) is 0 Å². The lowest BCUT2D eigenvalue weighted by Crippen LogP contribution is -2.71. The zero-order chi connectivity index (χ0) is 35.0. The third kappa shape index (κ3) is 4.89. The third-order valence-corrected chi connectivity index (χ3v) is 9.86. The van der Waals surface area contributed by atoms with Gasteiger partial charge < -0.3 is 19.8 Å². The van der Waals surface area contributed by atoms with Gasteiger partial charge in [-0.2, -0.15) is 0 Å². The smallest absolute Gasteiger partial charge is 0.283 e. The fourth-order valence-corrected chi connectivity index (χ4v) is 7.50. The number of nitrogens with zero attached hydrogens (tertiary/aromatic N) is 7. The van der Waals surface area contributed by atoms with E-state index in [1.54, 1.807) is 22.1 Å². The van der Waals surface area contributed by atoms with Crippen LogP contribution in [0.4, 0.5) is 20.2 Å². The van der Waals surface area contributed by atoms with Crippen LogP contribution in [-0.2, 0) is 9.59 Å². The quantitative estimate of drug-likeness (QED) is 0.316. The van der Waals surface area contributed by atoms with Crippen molar-refractivity contribution in [3.8, 4) is 22.7 Å². The number of benzene rings is 1. The number of pyridine rings is 3. The van der Waals surface area contributed by atoms with Crippen LogP contribution in [0.3, 0.4) is 0 Å². The number of carbonyl (C=O) groups excluding carboxylic acids is 2. The van der Waals surface area contributed by atoms with E-state index in [0.29, 0.717) is 35.7 Å². The first-order chi connectivity index (χ1) is 23.3. The molecule has 6 heterocycles. The van der Waals surface area contributed by atoms with Crippen molar-refractivity contribution in [2.45, 2.75) is 51.7 Å². The molecule has 2 saturated heterocycles. The van der Waals surface area contributed by atoms with Gasteiger partial charge >= 0.3 is 0 Å². The largest absolute Gasteiger partial charge is 0.507 e. The van der Waals surface area contributed by atoms with Gasteiger partial charge in [0, 0.05) is 37.3 Å². The molecule has 49 heavy (non-hydrogen) atoms. The first kappa shape index (κ1) is 32.4. The van der Waals surface area contributed by atoms with Gasteiger partial charge in [0.25, 0.3) is 11.5 Å². The van der Waals surface area contributed by atoms with E-state index in [0.717, 1.165) is 6.07 Å². The summed E-state index contributed by atoms with van der Waals surface area (Å²) in [5.74, 6) is -3.14. The molecule has 254 valence electrons. The summed E-state index contributed by atoms with van der Waals surface area (Å²) in [5, 5.41) is 10.9. The minimum absolute atomic E-state index is 0.0110. The number of hydrogen-bond acceptors (Lipinski definition) is 8. The zero-order valence-corrected chi connectivity index (χ0v) is 27.9. The maximum absolute atomic E-state index is 16.4. The number of anilines is 2. The van der Waals surface area contributed by atoms with Crippen LogP contribution < -0.4 is 15.4 Å². The molecule has 3 aliphatic rings. The van der Waals surface area contributed by atoms with Crippen LogP contribution >= 0.6 is 0 Å². The zero-order valence-electron chi connectivity index (χ0n) is 27.9. The van der Waals surface area contributed by atoms with Gasteiger partial charge in [0.15, 0.2) is 11.5 Å². The maximum Gasteiger partial charge on any atom is 0.283 e. The standard InChI is InChI=1S/C36H37F2N7O4/c1-7-27(47)42-17-25-35(48)44(21-15-41(6)16-21)33-32(43(25)14-20(42)5)22-13-24(38)30(28-23(37)9-8-10-26(28)46)40-34(22)45(36(33)49)31-19(4)11-12-39-29(31)18(2)3/h7-13,18,20-21,25,46H,1,14-17H2,2-6H3. The van der Waals surface area contributed by atoms with Crippen molar-refractivity contribution in [1.82, 2.24) is 24.3 Å². The Balaban J connectivity index is 1.63. The lowest BCUT2D eigenvalue weighted by atomic mass is 9.95. The Hall–Kier alpha value is -5.17. The van der Waals surface area contributed by atoms with Gasteiger partial charge in [-0.3, -0.25) is 28.8 Å². The molecule has 0 spiro atoms. The average Bonchev–Trinajstić information content (AvgIpc) is 3.04. The Morgan fingerprint density at radius 2 is 1.80 bits per heavy atom. The number of aryl methyl sites for hydroxylation is 1. The molecule has 2 amide bonds. The van der Waals surface area contributed by atoms with Crippen LogP contribution in [-0.4, -0.2) is 92.6 Å². The molecule has 0 saturated carbocycles. The third-order valence-electron chi connectivity index (χ3n) is 9.86. The maximum atomic E-state index is 16.4. The van der Waals surface area contributed by atoms with E-state index in [9.17, 15) is 14.7 Å². The lowest BCUT2D eigenvalue weighted by Gasteiger charge is -2.53. The normalized spacial score (nSPS) is 19.7. The van der Waals surface area contributed by atoms with E-state index in [1.165, 1.54) is 33.7 Å². The molecule has 1 aromatic carbocycles. The number of aromatic nitrogens is 3. The molecular formula is C36H37F2N7O4. The molecule has 2 unspecified atom stereocenters. The Kier molecular flexibility index (Phi) is 7.77. The van der Waals surface area contributed by atoms with Crippen molar-refractivity contribution in [3.05, 3.63) is 82.4 Å². The number of aromatic hydroxyl groups is 1. The SMILES string of the molecule is C=CC(=O)N1CC2C(=O)N(C3CN(C)C3)c3c(c4cc(F)c(-c5c(O)cccc5F)nc4n(-c4c(C)ccnc4C(C)C)c3=O)N2CC1C. The number of amides is 2. The second-order valence-corrected chi connectivity index (χ2v) is 13.5. The second kappa shape index (κ2) is 11.8. The van der Waals surface area contributed by atoms with Crippen molar-refractivity contribution < 1.29 is 23.5 Å². The second-order valence-electron chi connectivity index (χ2n) is 13.5. The highest BCUT2D eigenvalue weighted by molar-refractivity contribution is 6.12. The summed E-state index contributed by atoms with van der Waals surface area (Å²) >= 11 is 0. The molecule has 2 fully saturated rings. The number of likely N-dealkylation sites (N-methyl/N-ethyl adjacent to an activating group) is 1. The molecule has 2 atom stereocenters. The molecule has 13 heteroatoms. The number of phenols is 1. The Labute approximate surface area is 281 Å². The van der Waals surface area contributed by atoms with Gasteiger partial charge in [-0.1, -0.05) is 26.5 Å². The number of carbonyl (C=O) groups is 2. The molecule has 3 aliphatic heterocycles. The molecule has 3 aromatic heterocycles. The summed E-state index contributed by atoms with van der Waals surface area (Å²) in [6.45, 7) is 12.4.